The normalized spacial score (nSPS) is 14.5. The van der Waals surface area contributed by atoms with Crippen LogP contribution in [0.2, 0.25) is 0 Å². The average Bonchev–Trinajstić information content (AvgIpc) is 3.18. The Hall–Kier alpha value is -3.66. The van der Waals surface area contributed by atoms with Crippen molar-refractivity contribution in [2.75, 3.05) is 0 Å². The van der Waals surface area contributed by atoms with Gasteiger partial charge in [0.1, 0.15) is 5.82 Å². The van der Waals surface area contributed by atoms with Crippen molar-refractivity contribution < 1.29 is 17.6 Å². The summed E-state index contributed by atoms with van der Waals surface area (Å²) < 4.78 is 37.1. The van der Waals surface area contributed by atoms with E-state index in [1.807, 2.05) is 0 Å². The highest BCUT2D eigenvalue weighted by Gasteiger charge is 2.20. The molecule has 0 unspecified atom stereocenters. The molecule has 1 amide bonds. The van der Waals surface area contributed by atoms with E-state index in [9.17, 15) is 17.6 Å². The van der Waals surface area contributed by atoms with Gasteiger partial charge in [-0.1, -0.05) is 0 Å². The van der Waals surface area contributed by atoms with Gasteiger partial charge in [0, 0.05) is 36.5 Å². The minimum atomic E-state index is -2.35. The molecule has 0 saturated carbocycles. The third-order valence-electron chi connectivity index (χ3n) is 4.77. The Morgan fingerprint density at radius 2 is 1.97 bits per heavy atom. The van der Waals surface area contributed by atoms with Crippen molar-refractivity contribution in [2.45, 2.75) is 19.4 Å². The second-order valence-corrected chi connectivity index (χ2v) is 7.70. The van der Waals surface area contributed by atoms with Crippen molar-refractivity contribution in [1.29, 1.82) is 0 Å². The fourth-order valence-corrected chi connectivity index (χ4v) is 3.58. The Morgan fingerprint density at radius 3 is 2.70 bits per heavy atom. The van der Waals surface area contributed by atoms with E-state index in [4.69, 9.17) is 0 Å². The number of aliphatic imine (C=N–C) groups is 1. The maximum absolute atomic E-state index is 13.2. The van der Waals surface area contributed by atoms with E-state index in [0.717, 1.165) is 0 Å². The zero-order valence-corrected chi connectivity index (χ0v) is 16.6. The topological polar surface area (TPSA) is 106 Å². The summed E-state index contributed by atoms with van der Waals surface area (Å²) >= 11 is 0. The Balaban J connectivity index is 1.61. The van der Waals surface area contributed by atoms with E-state index in [2.05, 4.69) is 20.4 Å². The summed E-state index contributed by atoms with van der Waals surface area (Å²) in [7, 11) is -2.35. The van der Waals surface area contributed by atoms with Gasteiger partial charge in [0.05, 0.1) is 34.0 Å². The molecule has 152 valence electrons. The van der Waals surface area contributed by atoms with Crippen LogP contribution >= 0.6 is 0 Å². The predicted octanol–water partition coefficient (Wildman–Crippen LogP) is 2.09. The van der Waals surface area contributed by atoms with Gasteiger partial charge < -0.3 is 5.32 Å². The number of amides is 1. The summed E-state index contributed by atoms with van der Waals surface area (Å²) in [5.74, 6) is -0.732. The molecule has 0 aliphatic carbocycles. The molecule has 0 radical (unpaired) electrons. The molecule has 0 saturated heterocycles. The van der Waals surface area contributed by atoms with Crippen LogP contribution in [0.15, 0.2) is 59.6 Å². The van der Waals surface area contributed by atoms with Gasteiger partial charge >= 0.3 is 0 Å². The van der Waals surface area contributed by atoms with Gasteiger partial charge in [0.2, 0.25) is 10.3 Å². The molecule has 30 heavy (non-hydrogen) atoms. The van der Waals surface area contributed by atoms with E-state index in [1.165, 1.54) is 24.5 Å². The van der Waals surface area contributed by atoms with Crippen LogP contribution in [-0.2, 0) is 10.3 Å². The molecule has 4 rings (SSSR count). The van der Waals surface area contributed by atoms with Gasteiger partial charge in [-0.3, -0.25) is 14.8 Å². The lowest BCUT2D eigenvalue weighted by Gasteiger charge is -2.18. The van der Waals surface area contributed by atoms with Crippen LogP contribution in [0, 0.1) is 5.82 Å². The maximum Gasteiger partial charge on any atom is 0.254 e. The lowest BCUT2D eigenvalue weighted by molar-refractivity contribution is 0.0946. The zero-order chi connectivity index (χ0) is 21.3. The number of aromatic nitrogens is 3. The van der Waals surface area contributed by atoms with Crippen LogP contribution in [0.4, 0.5) is 4.39 Å². The third kappa shape index (κ3) is 3.77. The molecular formula is C20H16FN5O3S. The van der Waals surface area contributed by atoms with Crippen molar-refractivity contribution in [3.8, 4) is 5.69 Å². The van der Waals surface area contributed by atoms with Crippen molar-refractivity contribution in [1.82, 2.24) is 20.1 Å². The molecule has 1 aliphatic rings. The van der Waals surface area contributed by atoms with E-state index in [-0.39, 0.29) is 23.0 Å². The molecule has 2 aromatic heterocycles. The van der Waals surface area contributed by atoms with Gasteiger partial charge in [-0.15, -0.1) is 0 Å². The number of carbonyl (C=O) groups excluding carboxylic acids is 1. The summed E-state index contributed by atoms with van der Waals surface area (Å²) in [5.41, 5.74) is 2.23. The predicted molar refractivity (Wildman–Crippen MR) is 111 cm³/mol. The molecule has 0 fully saturated rings. The van der Waals surface area contributed by atoms with Gasteiger partial charge in [0.15, 0.2) is 0 Å². The van der Waals surface area contributed by atoms with Crippen molar-refractivity contribution in [3.63, 3.8) is 0 Å². The van der Waals surface area contributed by atoms with Crippen LogP contribution < -0.4 is 5.32 Å². The summed E-state index contributed by atoms with van der Waals surface area (Å²) in [6.07, 6.45) is 7.60. The van der Waals surface area contributed by atoms with Gasteiger partial charge in [-0.25, -0.2) is 9.07 Å². The number of benzene rings is 1. The van der Waals surface area contributed by atoms with Gasteiger partial charge in [-0.05, 0) is 36.8 Å². The molecule has 1 N–H and O–H groups in total. The second kappa shape index (κ2) is 7.99. The minimum absolute atomic E-state index is 0.165. The first-order valence-corrected chi connectivity index (χ1v) is 10.1. The molecule has 0 spiro atoms. The van der Waals surface area contributed by atoms with Crippen LogP contribution in [0.25, 0.3) is 16.6 Å². The van der Waals surface area contributed by atoms with Crippen LogP contribution in [0.3, 0.4) is 0 Å². The lowest BCUT2D eigenvalue weighted by Crippen LogP contribution is -2.35. The van der Waals surface area contributed by atoms with Crippen molar-refractivity contribution >= 4 is 38.2 Å². The molecule has 0 bridgehead atoms. The molecule has 10 heteroatoms. The third-order valence-corrected chi connectivity index (χ3v) is 5.45. The first kappa shape index (κ1) is 19.6. The second-order valence-electron chi connectivity index (χ2n) is 6.71. The number of rotatable bonds is 4. The number of hydrogen-bond acceptors (Lipinski definition) is 6. The molecule has 1 aromatic carbocycles. The SMILES string of the molecule is C[C@H](NC(=O)c1cncc2c1cnn2-c1ccc(F)cc1)C1=CN=CC(=S(=O)=O)C1. The highest BCUT2D eigenvalue weighted by atomic mass is 32.2. The number of carbonyl (C=O) groups is 1. The summed E-state index contributed by atoms with van der Waals surface area (Å²) in [4.78, 5) is 21.1. The summed E-state index contributed by atoms with van der Waals surface area (Å²) in [5, 5.41) is 7.75. The number of pyridine rings is 1. The summed E-state index contributed by atoms with van der Waals surface area (Å²) in [6, 6.07) is 5.39. The van der Waals surface area contributed by atoms with Crippen LogP contribution in [-0.4, -0.2) is 46.2 Å². The van der Waals surface area contributed by atoms with Gasteiger partial charge in [0.25, 0.3) is 5.91 Å². The van der Waals surface area contributed by atoms with E-state index in [0.29, 0.717) is 27.7 Å². The van der Waals surface area contributed by atoms with Crippen molar-refractivity contribution in [2.24, 2.45) is 4.99 Å². The molecule has 1 aliphatic heterocycles. The van der Waals surface area contributed by atoms with Crippen LogP contribution in [0.1, 0.15) is 23.7 Å². The fraction of sp³-hybridized carbons (Fsp3) is 0.150. The van der Waals surface area contributed by atoms with E-state index < -0.39 is 16.3 Å². The van der Waals surface area contributed by atoms with Crippen LogP contribution in [0.5, 0.6) is 0 Å². The number of fused-ring (bicyclic) bond motifs is 1. The highest BCUT2D eigenvalue weighted by molar-refractivity contribution is 7.74. The molecule has 3 heterocycles. The molecule has 8 nitrogen and oxygen atoms in total. The average molecular weight is 425 g/mol. The monoisotopic (exact) mass is 425 g/mol. The zero-order valence-electron chi connectivity index (χ0n) is 15.8. The molecule has 3 aromatic rings. The van der Waals surface area contributed by atoms with E-state index in [1.54, 1.807) is 42.3 Å². The summed E-state index contributed by atoms with van der Waals surface area (Å²) in [6.45, 7) is 1.76. The standard InChI is InChI=1S/C20H16FN5O3S/c1-12(13-6-16(30(28)29)8-22-7-13)25-20(27)18-9-23-11-19-17(18)10-24-26(19)15-4-2-14(21)3-5-15/h2-5,7-12H,6H2,1H3,(H,25,27)/t12-/m0/s1. The highest BCUT2D eigenvalue weighted by Crippen LogP contribution is 2.21. The number of halogens is 1. The minimum Gasteiger partial charge on any atom is -0.346 e. The number of hydrogen-bond donors (Lipinski definition) is 1. The number of nitrogens with one attached hydrogen (secondary N) is 1. The first-order valence-electron chi connectivity index (χ1n) is 9.00. The molecular weight excluding hydrogens is 409 g/mol. The Morgan fingerprint density at radius 1 is 1.20 bits per heavy atom. The Labute approximate surface area is 172 Å². The van der Waals surface area contributed by atoms with Gasteiger partial charge in [-0.2, -0.15) is 13.5 Å². The lowest BCUT2D eigenvalue weighted by atomic mass is 10.0. The Bertz CT molecular complexity index is 1330. The fourth-order valence-electron chi connectivity index (χ4n) is 3.15. The maximum atomic E-state index is 13.2. The Kier molecular flexibility index (Phi) is 5.23. The molecule has 1 atom stereocenters. The van der Waals surface area contributed by atoms with E-state index >= 15 is 0 Å². The van der Waals surface area contributed by atoms with Crippen molar-refractivity contribution in [3.05, 3.63) is 66.0 Å². The number of nitrogens with zero attached hydrogens (tertiary/aromatic N) is 4. The largest absolute Gasteiger partial charge is 0.346 e. The quantitative estimate of drug-likeness (QED) is 0.644. The smallest absolute Gasteiger partial charge is 0.254 e. The first-order chi connectivity index (χ1) is 14.4.